The Balaban J connectivity index is 1.93. The molecular weight excluding hydrogens is 224 g/mol. The summed E-state index contributed by atoms with van der Waals surface area (Å²) < 4.78 is 5.35. The molecule has 18 heavy (non-hydrogen) atoms. The van der Waals surface area contributed by atoms with Gasteiger partial charge in [0.2, 0.25) is 0 Å². The molecule has 100 valence electrons. The second-order valence-electron chi connectivity index (χ2n) is 5.63. The first-order valence-corrected chi connectivity index (χ1v) is 7.02. The normalized spacial score (nSPS) is 19.1. The maximum Gasteiger partial charge on any atom is 0.0792 e. The molecule has 1 N–H and O–H groups in total. The second-order valence-corrected chi connectivity index (χ2v) is 5.63. The van der Waals surface area contributed by atoms with E-state index >= 15 is 0 Å². The minimum atomic E-state index is -0.325. The van der Waals surface area contributed by atoms with E-state index in [4.69, 9.17) is 4.74 Å². The van der Waals surface area contributed by atoms with Gasteiger partial charge in [0.1, 0.15) is 0 Å². The first-order valence-electron chi connectivity index (χ1n) is 7.02. The van der Waals surface area contributed by atoms with Crippen LogP contribution in [0, 0.1) is 5.92 Å². The van der Waals surface area contributed by atoms with Crippen LogP contribution in [0.3, 0.4) is 0 Å². The van der Waals surface area contributed by atoms with Crippen molar-refractivity contribution >= 4 is 0 Å². The molecule has 1 unspecified atom stereocenters. The number of benzene rings is 1. The number of hydrogen-bond donors (Lipinski definition) is 1. The number of ether oxygens (including phenoxy) is 1. The lowest BCUT2D eigenvalue weighted by molar-refractivity contribution is 0.0435. The summed E-state index contributed by atoms with van der Waals surface area (Å²) in [5, 5.41) is 10.3. The smallest absolute Gasteiger partial charge is 0.0792 e. The highest BCUT2D eigenvalue weighted by atomic mass is 16.5. The largest absolute Gasteiger partial charge is 0.388 e. The van der Waals surface area contributed by atoms with E-state index in [2.05, 4.69) is 38.1 Å². The third-order valence-corrected chi connectivity index (χ3v) is 3.89. The molecule has 0 radical (unpaired) electrons. The molecule has 1 aromatic rings. The van der Waals surface area contributed by atoms with Crippen LogP contribution in [-0.2, 0) is 4.74 Å². The van der Waals surface area contributed by atoms with Gasteiger partial charge in [-0.15, -0.1) is 0 Å². The van der Waals surface area contributed by atoms with Gasteiger partial charge in [-0.25, -0.2) is 0 Å². The van der Waals surface area contributed by atoms with E-state index in [1.54, 1.807) is 0 Å². The zero-order valence-electron chi connectivity index (χ0n) is 11.4. The molecule has 1 heterocycles. The average molecular weight is 248 g/mol. The molecule has 1 fully saturated rings. The molecular formula is C16H24O2. The molecule has 2 nitrogen and oxygen atoms in total. The molecule has 0 saturated carbocycles. The first kappa shape index (κ1) is 13.6. The molecule has 1 saturated heterocycles. The molecule has 1 aliphatic heterocycles. The molecule has 0 aromatic heterocycles. The van der Waals surface area contributed by atoms with E-state index < -0.39 is 0 Å². The van der Waals surface area contributed by atoms with E-state index in [0.717, 1.165) is 38.0 Å². The molecule has 2 rings (SSSR count). The summed E-state index contributed by atoms with van der Waals surface area (Å²) in [4.78, 5) is 0. The van der Waals surface area contributed by atoms with Gasteiger partial charge in [0.05, 0.1) is 6.10 Å². The average Bonchev–Trinajstić information content (AvgIpc) is 2.40. The van der Waals surface area contributed by atoms with Gasteiger partial charge < -0.3 is 9.84 Å². The van der Waals surface area contributed by atoms with E-state index in [9.17, 15) is 5.11 Å². The van der Waals surface area contributed by atoms with Gasteiger partial charge in [-0.05, 0) is 42.2 Å². The van der Waals surface area contributed by atoms with Gasteiger partial charge in [0.15, 0.2) is 0 Å². The van der Waals surface area contributed by atoms with Crippen molar-refractivity contribution < 1.29 is 9.84 Å². The highest BCUT2D eigenvalue weighted by Gasteiger charge is 2.18. The molecule has 0 aliphatic carbocycles. The molecule has 1 aromatic carbocycles. The van der Waals surface area contributed by atoms with Crippen molar-refractivity contribution in [2.45, 2.75) is 45.1 Å². The van der Waals surface area contributed by atoms with Gasteiger partial charge in [-0.1, -0.05) is 38.1 Å². The topological polar surface area (TPSA) is 29.5 Å². The van der Waals surface area contributed by atoms with Crippen LogP contribution in [0.15, 0.2) is 24.3 Å². The van der Waals surface area contributed by atoms with Crippen LogP contribution in [0.1, 0.15) is 56.3 Å². The molecule has 0 amide bonds. The zero-order chi connectivity index (χ0) is 13.0. The lowest BCUT2D eigenvalue weighted by Crippen LogP contribution is -2.18. The Morgan fingerprint density at radius 3 is 2.22 bits per heavy atom. The van der Waals surface area contributed by atoms with Crippen molar-refractivity contribution in [2.24, 2.45) is 5.92 Å². The molecule has 1 aliphatic rings. The van der Waals surface area contributed by atoms with Crippen LogP contribution in [0.5, 0.6) is 0 Å². The maximum absolute atomic E-state index is 10.3. The fourth-order valence-electron chi connectivity index (χ4n) is 2.54. The highest BCUT2D eigenvalue weighted by molar-refractivity contribution is 5.26. The van der Waals surface area contributed by atoms with Gasteiger partial charge in [-0.3, -0.25) is 0 Å². The van der Waals surface area contributed by atoms with Crippen LogP contribution in [0.4, 0.5) is 0 Å². The number of rotatable bonds is 4. The first-order chi connectivity index (χ1) is 8.66. The predicted octanol–water partition coefficient (Wildman–Crippen LogP) is 3.66. The highest BCUT2D eigenvalue weighted by Crippen LogP contribution is 2.28. The van der Waals surface area contributed by atoms with Crippen molar-refractivity contribution in [1.82, 2.24) is 0 Å². The third-order valence-electron chi connectivity index (χ3n) is 3.89. The van der Waals surface area contributed by atoms with Crippen molar-refractivity contribution in [3.8, 4) is 0 Å². The van der Waals surface area contributed by atoms with Crippen LogP contribution in [0.25, 0.3) is 0 Å². The van der Waals surface area contributed by atoms with Crippen LogP contribution in [0.2, 0.25) is 0 Å². The molecule has 1 atom stereocenters. The Kier molecular flexibility index (Phi) is 4.79. The number of aliphatic hydroxyl groups is 1. The fraction of sp³-hybridized carbons (Fsp3) is 0.625. The molecule has 2 heteroatoms. The Morgan fingerprint density at radius 2 is 1.67 bits per heavy atom. The van der Waals surface area contributed by atoms with Gasteiger partial charge in [0.25, 0.3) is 0 Å². The zero-order valence-corrected chi connectivity index (χ0v) is 11.4. The number of aliphatic hydroxyl groups excluding tert-OH is 1. The summed E-state index contributed by atoms with van der Waals surface area (Å²) >= 11 is 0. The van der Waals surface area contributed by atoms with Gasteiger partial charge >= 0.3 is 0 Å². The standard InChI is InChI=1S/C16H24O2/c1-12(2)14-3-5-15(6-4-14)16(17)11-13-7-9-18-10-8-13/h3-6,12-13,16-17H,7-11H2,1-2H3. The maximum atomic E-state index is 10.3. The van der Waals surface area contributed by atoms with Crippen LogP contribution < -0.4 is 0 Å². The van der Waals surface area contributed by atoms with Crippen molar-refractivity contribution in [3.05, 3.63) is 35.4 Å². The number of hydrogen-bond acceptors (Lipinski definition) is 2. The monoisotopic (exact) mass is 248 g/mol. The Hall–Kier alpha value is -0.860. The van der Waals surface area contributed by atoms with Crippen LogP contribution >= 0.6 is 0 Å². The predicted molar refractivity (Wildman–Crippen MR) is 73.7 cm³/mol. The summed E-state index contributed by atoms with van der Waals surface area (Å²) in [7, 11) is 0. The minimum absolute atomic E-state index is 0.325. The molecule has 0 spiro atoms. The Morgan fingerprint density at radius 1 is 1.11 bits per heavy atom. The van der Waals surface area contributed by atoms with E-state index in [0.29, 0.717) is 11.8 Å². The lowest BCUT2D eigenvalue weighted by Gasteiger charge is -2.24. The Labute approximate surface area is 110 Å². The van der Waals surface area contributed by atoms with E-state index in [1.807, 2.05) is 0 Å². The lowest BCUT2D eigenvalue weighted by atomic mass is 9.90. The molecule has 0 bridgehead atoms. The van der Waals surface area contributed by atoms with Crippen LogP contribution in [-0.4, -0.2) is 18.3 Å². The summed E-state index contributed by atoms with van der Waals surface area (Å²) in [6.07, 6.45) is 2.71. The fourth-order valence-corrected chi connectivity index (χ4v) is 2.54. The Bertz CT molecular complexity index is 350. The SMILES string of the molecule is CC(C)c1ccc(C(O)CC2CCOCC2)cc1. The van der Waals surface area contributed by atoms with E-state index in [-0.39, 0.29) is 6.10 Å². The third kappa shape index (κ3) is 3.56. The van der Waals surface area contributed by atoms with Gasteiger partial charge in [0, 0.05) is 13.2 Å². The summed E-state index contributed by atoms with van der Waals surface area (Å²) in [6, 6.07) is 8.40. The second kappa shape index (κ2) is 6.35. The van der Waals surface area contributed by atoms with Crippen molar-refractivity contribution in [1.29, 1.82) is 0 Å². The van der Waals surface area contributed by atoms with Crippen molar-refractivity contribution in [2.75, 3.05) is 13.2 Å². The summed E-state index contributed by atoms with van der Waals surface area (Å²) in [5.41, 5.74) is 2.38. The summed E-state index contributed by atoms with van der Waals surface area (Å²) in [6.45, 7) is 6.08. The minimum Gasteiger partial charge on any atom is -0.388 e. The summed E-state index contributed by atoms with van der Waals surface area (Å²) in [5.74, 6) is 1.16. The van der Waals surface area contributed by atoms with E-state index in [1.165, 1.54) is 5.56 Å². The van der Waals surface area contributed by atoms with Crippen molar-refractivity contribution in [3.63, 3.8) is 0 Å². The van der Waals surface area contributed by atoms with Gasteiger partial charge in [-0.2, -0.15) is 0 Å². The quantitative estimate of drug-likeness (QED) is 0.881.